The van der Waals surface area contributed by atoms with Crippen LogP contribution >= 0.6 is 11.6 Å². The van der Waals surface area contributed by atoms with Crippen molar-refractivity contribution in [1.29, 1.82) is 0 Å². The minimum absolute atomic E-state index is 0.00592. The van der Waals surface area contributed by atoms with Crippen LogP contribution in [0.4, 0.5) is 21.0 Å². The van der Waals surface area contributed by atoms with Crippen molar-refractivity contribution >= 4 is 58.2 Å². The van der Waals surface area contributed by atoms with Crippen LogP contribution in [-0.2, 0) is 23.9 Å². The van der Waals surface area contributed by atoms with Gasteiger partial charge in [0, 0.05) is 108 Å². The van der Waals surface area contributed by atoms with Crippen molar-refractivity contribution in [3.05, 3.63) is 68.8 Å². The van der Waals surface area contributed by atoms with Crippen LogP contribution in [0.2, 0.25) is 0 Å². The second kappa shape index (κ2) is 28.5. The summed E-state index contributed by atoms with van der Waals surface area (Å²) < 4.78 is 14.3. The van der Waals surface area contributed by atoms with Crippen molar-refractivity contribution in [2.75, 3.05) is 66.6 Å². The predicted molar refractivity (Wildman–Crippen MR) is 207 cm³/mol. The highest BCUT2D eigenvalue weighted by Crippen LogP contribution is 2.19. The van der Waals surface area contributed by atoms with Gasteiger partial charge in [0.2, 0.25) is 23.6 Å². The van der Waals surface area contributed by atoms with Gasteiger partial charge in [-0.05, 0) is 24.3 Å². The van der Waals surface area contributed by atoms with E-state index in [1.807, 2.05) is 6.92 Å². The summed E-state index contributed by atoms with van der Waals surface area (Å²) in [6.07, 6.45) is 0.592. The van der Waals surface area contributed by atoms with Gasteiger partial charge in [-0.3, -0.25) is 39.4 Å². The number of carbonyl (C=O) groups is 6. The molecule has 2 aromatic carbocycles. The number of rotatable bonds is 19. The Morgan fingerprint density at radius 3 is 1.30 bits per heavy atom. The summed E-state index contributed by atoms with van der Waals surface area (Å²) in [7, 11) is 3.39. The molecule has 0 bridgehead atoms. The third-order valence-corrected chi connectivity index (χ3v) is 7.70. The summed E-state index contributed by atoms with van der Waals surface area (Å²) in [6.45, 7) is 9.15. The van der Waals surface area contributed by atoms with Gasteiger partial charge in [0.15, 0.2) is 0 Å². The van der Waals surface area contributed by atoms with Gasteiger partial charge >= 0.3 is 11.6 Å². The van der Waals surface area contributed by atoms with Gasteiger partial charge in [-0.2, -0.15) is 0 Å². The number of nitrogens with zero attached hydrogens (tertiary/aromatic N) is 6. The average molecular weight is 827 g/mol. The molecule has 0 aliphatic carbocycles. The Hall–Kier alpha value is -5.89. The van der Waals surface area contributed by atoms with Crippen LogP contribution in [0.1, 0.15) is 53.4 Å². The molecule has 0 aliphatic rings. The van der Waals surface area contributed by atoms with Crippen molar-refractivity contribution in [3.63, 3.8) is 0 Å². The zero-order chi connectivity index (χ0) is 43.5. The molecule has 0 heterocycles. The lowest BCUT2D eigenvalue weighted by Gasteiger charge is -2.25. The SMILES string of the molecule is CCC(=O)N(C)CCN(CCO)C(=O)CC.CCC(=O)N(C)CCN(CCOC(=O)Oc1ccc([N+](=O)[O-])cc1)C(=O)CC.O=C(Cl)Oc1ccc([N+](=O)[O-])cc1. The van der Waals surface area contributed by atoms with Crippen molar-refractivity contribution in [2.45, 2.75) is 53.4 Å². The normalized spacial score (nSPS) is 9.89. The van der Waals surface area contributed by atoms with Crippen LogP contribution < -0.4 is 9.47 Å². The zero-order valence-corrected chi connectivity index (χ0v) is 33.7. The largest absolute Gasteiger partial charge is 0.513 e. The number of nitro benzene ring substituents is 2. The van der Waals surface area contributed by atoms with Crippen molar-refractivity contribution in [2.24, 2.45) is 0 Å². The summed E-state index contributed by atoms with van der Waals surface area (Å²) >= 11 is 4.92. The molecular weight excluding hydrogens is 776 g/mol. The molecule has 0 aliphatic heterocycles. The number of aliphatic hydroxyl groups excluding tert-OH is 1. The fourth-order valence-electron chi connectivity index (χ4n) is 4.35. The monoisotopic (exact) mass is 826 g/mol. The van der Waals surface area contributed by atoms with E-state index in [1.165, 1.54) is 53.4 Å². The molecule has 0 unspecified atom stereocenters. The molecule has 57 heavy (non-hydrogen) atoms. The van der Waals surface area contributed by atoms with Gasteiger partial charge in [-0.25, -0.2) is 9.59 Å². The second-order valence-corrected chi connectivity index (χ2v) is 11.9. The third kappa shape index (κ3) is 21.7. The van der Waals surface area contributed by atoms with Gasteiger partial charge in [-0.15, -0.1) is 0 Å². The molecule has 2 aromatic rings. The number of hydrogen-bond acceptors (Lipinski definition) is 14. The molecule has 0 atom stereocenters. The molecular formula is C36H51ClN6O14. The second-order valence-electron chi connectivity index (χ2n) is 11.6. The van der Waals surface area contributed by atoms with Crippen molar-refractivity contribution in [1.82, 2.24) is 19.6 Å². The van der Waals surface area contributed by atoms with Crippen LogP contribution in [0.25, 0.3) is 0 Å². The van der Waals surface area contributed by atoms with Gasteiger partial charge in [0.1, 0.15) is 18.1 Å². The third-order valence-electron chi connectivity index (χ3n) is 7.62. The number of amides is 4. The Balaban J connectivity index is 0.000000911. The van der Waals surface area contributed by atoms with Crippen LogP contribution in [0, 0.1) is 20.2 Å². The molecule has 316 valence electrons. The van der Waals surface area contributed by atoms with E-state index in [2.05, 4.69) is 4.74 Å². The molecule has 1 N–H and O–H groups in total. The summed E-state index contributed by atoms with van der Waals surface area (Å²) in [4.78, 5) is 94.2. The number of ether oxygens (including phenoxy) is 3. The quantitative estimate of drug-likeness (QED) is 0.0667. The van der Waals surface area contributed by atoms with Crippen molar-refractivity contribution < 1.29 is 57.9 Å². The zero-order valence-electron chi connectivity index (χ0n) is 32.9. The number of aliphatic hydroxyl groups is 1. The molecule has 21 heteroatoms. The fourth-order valence-corrected chi connectivity index (χ4v) is 4.44. The Morgan fingerprint density at radius 2 is 0.965 bits per heavy atom. The topological polar surface area (TPSA) is 250 Å². The Labute approximate surface area is 335 Å². The van der Waals surface area contributed by atoms with E-state index in [4.69, 9.17) is 26.2 Å². The Morgan fingerprint density at radius 1 is 0.596 bits per heavy atom. The van der Waals surface area contributed by atoms with Crippen LogP contribution in [0.3, 0.4) is 0 Å². The lowest BCUT2D eigenvalue weighted by molar-refractivity contribution is -0.385. The maximum Gasteiger partial charge on any atom is 0.513 e. The molecule has 2 rings (SSSR count). The highest BCUT2D eigenvalue weighted by Gasteiger charge is 2.16. The van der Waals surface area contributed by atoms with E-state index < -0.39 is 21.4 Å². The number of carbonyl (C=O) groups excluding carboxylic acids is 6. The summed E-state index contributed by atoms with van der Waals surface area (Å²) in [6, 6.07) is 10.00. The average Bonchev–Trinajstić information content (AvgIpc) is 3.19. The van der Waals surface area contributed by atoms with E-state index >= 15 is 0 Å². The minimum atomic E-state index is -0.978. The maximum atomic E-state index is 12.0. The standard InChI is InChI=1S/C18H25N3O7.C11H22N2O3.C7H4ClNO4/c1-4-16(22)19(3)10-11-20(17(23)5-2)12-13-27-18(24)28-15-8-6-14(7-9-15)21(25)26;1-4-10(15)12(3)6-7-13(8-9-14)11(16)5-2;8-7(10)13-6-3-1-5(2-4-6)9(11)12/h6-9H,4-5,10-13H2,1-3H3;14H,4-9H2,1-3H3;1-4H. The van der Waals surface area contributed by atoms with Crippen LogP contribution in [-0.4, -0.2) is 136 Å². The molecule has 0 radical (unpaired) electrons. The van der Waals surface area contributed by atoms with E-state index in [9.17, 15) is 49.0 Å². The van der Waals surface area contributed by atoms with E-state index in [0.29, 0.717) is 58.4 Å². The van der Waals surface area contributed by atoms with E-state index in [-0.39, 0.29) is 66.3 Å². The Kier molecular flexibility index (Phi) is 25.6. The highest BCUT2D eigenvalue weighted by molar-refractivity contribution is 6.61. The number of nitro groups is 2. The summed E-state index contributed by atoms with van der Waals surface area (Å²) in [5.74, 6) is 0.207. The van der Waals surface area contributed by atoms with Gasteiger partial charge in [-0.1, -0.05) is 27.7 Å². The molecule has 0 saturated carbocycles. The Bertz CT molecular complexity index is 1610. The first-order valence-corrected chi connectivity index (χ1v) is 18.2. The van der Waals surface area contributed by atoms with Gasteiger partial charge in [0.25, 0.3) is 11.4 Å². The number of hydrogen-bond donors (Lipinski definition) is 1. The van der Waals surface area contributed by atoms with Gasteiger partial charge in [0.05, 0.1) is 23.0 Å². The molecule has 0 fully saturated rings. The maximum absolute atomic E-state index is 12.0. The molecule has 4 amide bonds. The first-order chi connectivity index (χ1) is 26.9. The predicted octanol–water partition coefficient (Wildman–Crippen LogP) is 4.64. The fraction of sp³-hybridized carbons (Fsp3) is 0.500. The highest BCUT2D eigenvalue weighted by atomic mass is 35.5. The number of non-ortho nitro benzene ring substituents is 2. The molecule has 0 spiro atoms. The van der Waals surface area contributed by atoms with Gasteiger partial charge < -0.3 is 38.9 Å². The smallest absolute Gasteiger partial charge is 0.432 e. The van der Waals surface area contributed by atoms with Crippen molar-refractivity contribution in [3.8, 4) is 11.5 Å². The lowest BCUT2D eigenvalue weighted by atomic mass is 10.3. The summed E-state index contributed by atoms with van der Waals surface area (Å²) in [5.41, 5.74) is -1.18. The first-order valence-electron chi connectivity index (χ1n) is 17.8. The van der Waals surface area contributed by atoms with E-state index in [1.54, 1.807) is 49.6 Å². The van der Waals surface area contributed by atoms with Crippen LogP contribution in [0.15, 0.2) is 48.5 Å². The molecule has 20 nitrogen and oxygen atoms in total. The minimum Gasteiger partial charge on any atom is -0.432 e. The summed E-state index contributed by atoms with van der Waals surface area (Å²) in [5, 5.41) is 29.6. The van der Waals surface area contributed by atoms with E-state index in [0.717, 1.165) is 0 Å². The van der Waals surface area contributed by atoms with Crippen LogP contribution in [0.5, 0.6) is 11.5 Å². The lowest BCUT2D eigenvalue weighted by Crippen LogP contribution is -2.40. The number of benzene rings is 2. The first kappa shape index (κ1) is 51.1. The molecule has 0 aromatic heterocycles. The molecule has 0 saturated heterocycles. The number of halogens is 1. The number of likely N-dealkylation sites (N-methyl/N-ethyl adjacent to an activating group) is 2.